The van der Waals surface area contributed by atoms with Crippen LogP contribution in [-0.4, -0.2) is 16.3 Å². The van der Waals surface area contributed by atoms with Gasteiger partial charge in [-0.1, -0.05) is 29.8 Å². The van der Waals surface area contributed by atoms with E-state index >= 15 is 0 Å². The van der Waals surface area contributed by atoms with E-state index < -0.39 is 5.38 Å². The summed E-state index contributed by atoms with van der Waals surface area (Å²) in [6.45, 7) is 3.70. The van der Waals surface area contributed by atoms with Crippen LogP contribution in [-0.2, 0) is 11.2 Å². The zero-order chi connectivity index (χ0) is 13.8. The summed E-state index contributed by atoms with van der Waals surface area (Å²) < 4.78 is 0. The summed E-state index contributed by atoms with van der Waals surface area (Å²) in [5, 5.41) is 2.74. The van der Waals surface area contributed by atoms with Crippen molar-refractivity contribution in [2.24, 2.45) is 0 Å². The Kier molecular flexibility index (Phi) is 4.56. The number of thiazole rings is 1. The highest BCUT2D eigenvalue weighted by atomic mass is 35.5. The van der Waals surface area contributed by atoms with Crippen LogP contribution in [0, 0.1) is 6.92 Å². The van der Waals surface area contributed by atoms with Crippen molar-refractivity contribution in [1.82, 2.24) is 4.98 Å². The van der Waals surface area contributed by atoms with E-state index in [4.69, 9.17) is 11.6 Å². The van der Waals surface area contributed by atoms with Crippen molar-refractivity contribution >= 4 is 34.0 Å². The third kappa shape index (κ3) is 4.04. The van der Waals surface area contributed by atoms with Gasteiger partial charge in [-0.15, -0.1) is 22.9 Å². The van der Waals surface area contributed by atoms with Gasteiger partial charge < -0.3 is 5.32 Å². The lowest BCUT2D eigenvalue weighted by molar-refractivity contribution is -0.115. The van der Waals surface area contributed by atoms with Crippen LogP contribution >= 0.6 is 22.9 Å². The lowest BCUT2D eigenvalue weighted by atomic mass is 10.1. The van der Waals surface area contributed by atoms with Crippen molar-refractivity contribution in [3.63, 3.8) is 0 Å². The third-order valence-corrected chi connectivity index (χ3v) is 3.75. The number of anilines is 1. The van der Waals surface area contributed by atoms with E-state index in [-0.39, 0.29) is 5.91 Å². The van der Waals surface area contributed by atoms with Crippen molar-refractivity contribution in [2.75, 3.05) is 5.32 Å². The molecule has 2 rings (SSSR count). The lowest BCUT2D eigenvalue weighted by Gasteiger charge is -2.01. The van der Waals surface area contributed by atoms with Crippen molar-refractivity contribution in [3.8, 4) is 0 Å². The molecule has 0 bridgehead atoms. The molecule has 0 saturated heterocycles. The van der Waals surface area contributed by atoms with Crippen molar-refractivity contribution in [1.29, 1.82) is 0 Å². The molecule has 0 saturated carbocycles. The van der Waals surface area contributed by atoms with E-state index in [0.29, 0.717) is 5.13 Å². The molecular weight excluding hydrogens is 280 g/mol. The Morgan fingerprint density at radius 1 is 1.42 bits per heavy atom. The average molecular weight is 295 g/mol. The average Bonchev–Trinajstić information content (AvgIpc) is 2.79. The number of nitrogens with one attached hydrogen (secondary N) is 1. The number of halogens is 1. The van der Waals surface area contributed by atoms with Crippen LogP contribution in [0.1, 0.15) is 22.9 Å². The number of nitrogens with zero attached hydrogens (tertiary/aromatic N) is 1. The number of carbonyl (C=O) groups is 1. The smallest absolute Gasteiger partial charge is 0.243 e. The number of hydrogen-bond acceptors (Lipinski definition) is 3. The maximum Gasteiger partial charge on any atom is 0.243 e. The molecule has 5 heteroatoms. The zero-order valence-corrected chi connectivity index (χ0v) is 12.4. The fraction of sp³-hybridized carbons (Fsp3) is 0.286. The summed E-state index contributed by atoms with van der Waals surface area (Å²) in [6.07, 6.45) is 2.61. The molecule has 1 N–H and O–H groups in total. The number of aryl methyl sites for hydroxylation is 1. The molecule has 19 heavy (non-hydrogen) atoms. The molecule has 0 aliphatic rings. The largest absolute Gasteiger partial charge is 0.301 e. The van der Waals surface area contributed by atoms with Gasteiger partial charge in [-0.25, -0.2) is 4.98 Å². The Bertz CT molecular complexity index is 563. The van der Waals surface area contributed by atoms with Crippen molar-refractivity contribution in [3.05, 3.63) is 46.5 Å². The molecule has 100 valence electrons. The predicted molar refractivity (Wildman–Crippen MR) is 80.0 cm³/mol. The third-order valence-electron chi connectivity index (χ3n) is 2.64. The molecule has 0 aliphatic carbocycles. The van der Waals surface area contributed by atoms with Crippen LogP contribution < -0.4 is 5.32 Å². The minimum absolute atomic E-state index is 0.224. The highest BCUT2D eigenvalue weighted by molar-refractivity contribution is 7.15. The van der Waals surface area contributed by atoms with Crippen LogP contribution in [0.15, 0.2) is 30.5 Å². The summed E-state index contributed by atoms with van der Waals surface area (Å²) >= 11 is 7.17. The molecule has 1 aromatic heterocycles. The summed E-state index contributed by atoms with van der Waals surface area (Å²) in [5.74, 6) is -0.224. The molecule has 3 nitrogen and oxygen atoms in total. The van der Waals surface area contributed by atoms with Gasteiger partial charge in [0.15, 0.2) is 5.13 Å². The second-order valence-electron chi connectivity index (χ2n) is 4.40. The molecule has 0 fully saturated rings. The minimum Gasteiger partial charge on any atom is -0.301 e. The second-order valence-corrected chi connectivity index (χ2v) is 6.17. The number of carbonyl (C=O) groups excluding carboxylic acids is 1. The fourth-order valence-corrected chi connectivity index (χ4v) is 2.46. The van der Waals surface area contributed by atoms with E-state index in [2.05, 4.69) is 41.5 Å². The topological polar surface area (TPSA) is 42.0 Å². The molecule has 1 unspecified atom stereocenters. The Morgan fingerprint density at radius 2 is 2.11 bits per heavy atom. The van der Waals surface area contributed by atoms with E-state index in [1.54, 1.807) is 13.1 Å². The molecule has 1 heterocycles. The zero-order valence-electron chi connectivity index (χ0n) is 10.8. The van der Waals surface area contributed by atoms with Gasteiger partial charge in [-0.3, -0.25) is 4.79 Å². The van der Waals surface area contributed by atoms with E-state index in [1.165, 1.54) is 22.5 Å². The van der Waals surface area contributed by atoms with Gasteiger partial charge in [0.1, 0.15) is 5.38 Å². The molecule has 0 aliphatic heterocycles. The molecule has 2 aromatic rings. The molecule has 1 atom stereocenters. The van der Waals surface area contributed by atoms with Gasteiger partial charge in [0.25, 0.3) is 0 Å². The number of rotatable bonds is 4. The first-order valence-electron chi connectivity index (χ1n) is 6.00. The first-order valence-corrected chi connectivity index (χ1v) is 7.25. The molecule has 0 radical (unpaired) electrons. The SMILES string of the molecule is Cc1ccc(Cc2cnc(NC(=O)C(C)Cl)s2)cc1. The van der Waals surface area contributed by atoms with Gasteiger partial charge in [0, 0.05) is 17.5 Å². The first-order chi connectivity index (χ1) is 9.04. The van der Waals surface area contributed by atoms with Crippen LogP contribution in [0.4, 0.5) is 5.13 Å². The lowest BCUT2D eigenvalue weighted by Crippen LogP contribution is -2.19. The maximum atomic E-state index is 11.4. The van der Waals surface area contributed by atoms with Gasteiger partial charge in [0.2, 0.25) is 5.91 Å². The minimum atomic E-state index is -0.551. The Balaban J connectivity index is 2.01. The van der Waals surface area contributed by atoms with Gasteiger partial charge in [-0.2, -0.15) is 0 Å². The summed E-state index contributed by atoms with van der Waals surface area (Å²) in [5.41, 5.74) is 2.48. The summed E-state index contributed by atoms with van der Waals surface area (Å²) in [7, 11) is 0. The van der Waals surface area contributed by atoms with Crippen LogP contribution in [0.3, 0.4) is 0 Å². The Labute approximate surface area is 121 Å². The van der Waals surface area contributed by atoms with Gasteiger partial charge >= 0.3 is 0 Å². The predicted octanol–water partition coefficient (Wildman–Crippen LogP) is 3.61. The summed E-state index contributed by atoms with van der Waals surface area (Å²) in [4.78, 5) is 16.7. The standard InChI is InChI=1S/C14H15ClN2OS/c1-9-3-5-11(6-4-9)7-12-8-16-14(19-12)17-13(18)10(2)15/h3-6,8,10H,7H2,1-2H3,(H,16,17,18). The van der Waals surface area contributed by atoms with Gasteiger partial charge in [0.05, 0.1) is 0 Å². The van der Waals surface area contributed by atoms with Crippen LogP contribution in [0.2, 0.25) is 0 Å². The second kappa shape index (κ2) is 6.17. The molecule has 1 aromatic carbocycles. The van der Waals surface area contributed by atoms with Crippen molar-refractivity contribution < 1.29 is 4.79 Å². The van der Waals surface area contributed by atoms with Crippen LogP contribution in [0.25, 0.3) is 0 Å². The molecular formula is C14H15ClN2OS. The first kappa shape index (κ1) is 14.0. The number of amides is 1. The number of aromatic nitrogens is 1. The van der Waals surface area contributed by atoms with E-state index in [1.807, 2.05) is 0 Å². The number of alkyl halides is 1. The van der Waals surface area contributed by atoms with E-state index in [9.17, 15) is 4.79 Å². The highest BCUT2D eigenvalue weighted by Gasteiger charge is 2.11. The normalized spacial score (nSPS) is 12.2. The molecule has 1 amide bonds. The maximum absolute atomic E-state index is 11.4. The molecule has 0 spiro atoms. The monoisotopic (exact) mass is 294 g/mol. The Morgan fingerprint density at radius 3 is 2.74 bits per heavy atom. The van der Waals surface area contributed by atoms with E-state index in [0.717, 1.165) is 11.3 Å². The van der Waals surface area contributed by atoms with Crippen molar-refractivity contribution in [2.45, 2.75) is 25.6 Å². The number of hydrogen-bond donors (Lipinski definition) is 1. The van der Waals surface area contributed by atoms with Gasteiger partial charge in [-0.05, 0) is 19.4 Å². The van der Waals surface area contributed by atoms with Crippen LogP contribution in [0.5, 0.6) is 0 Å². The quantitative estimate of drug-likeness (QED) is 0.875. The fourth-order valence-electron chi connectivity index (χ4n) is 1.56. The Hall–Kier alpha value is -1.39. The number of benzene rings is 1. The summed E-state index contributed by atoms with van der Waals surface area (Å²) in [6, 6.07) is 8.39. The highest BCUT2D eigenvalue weighted by Crippen LogP contribution is 2.21.